The molecule has 0 amide bonds. The number of unbranched alkanes of at least 4 members (excludes halogenated alkanes) is 4. The van der Waals surface area contributed by atoms with Crippen molar-refractivity contribution < 1.29 is 19.1 Å². The molecule has 0 heterocycles. The van der Waals surface area contributed by atoms with Gasteiger partial charge >= 0.3 is 7.60 Å². The van der Waals surface area contributed by atoms with Crippen LogP contribution in [0.1, 0.15) is 59.3 Å². The number of carbonyl (C=O) groups is 1. The maximum atomic E-state index is 11.7. The first kappa shape index (κ1) is 16.8. The molecular weight excluding hydrogens is 239 g/mol. The summed E-state index contributed by atoms with van der Waals surface area (Å²) in [5, 5.41) is 0. The lowest BCUT2D eigenvalue weighted by Gasteiger charge is -2.23. The van der Waals surface area contributed by atoms with Gasteiger partial charge in [0.15, 0.2) is 0 Å². The quantitative estimate of drug-likeness (QED) is 0.495. The molecular formula is C12H25O4P. The van der Waals surface area contributed by atoms with E-state index in [0.29, 0.717) is 6.42 Å². The van der Waals surface area contributed by atoms with E-state index in [0.717, 1.165) is 12.8 Å². The first-order valence-electron chi connectivity index (χ1n) is 6.27. The molecule has 0 saturated carbocycles. The summed E-state index contributed by atoms with van der Waals surface area (Å²) in [5.74, 6) is -0.332. The van der Waals surface area contributed by atoms with Crippen LogP contribution in [-0.4, -0.2) is 21.7 Å². The van der Waals surface area contributed by atoms with Gasteiger partial charge in [0.1, 0.15) is 11.9 Å². The topological polar surface area (TPSA) is 74.6 Å². The fraction of sp³-hybridized carbons (Fsp3) is 0.917. The van der Waals surface area contributed by atoms with Crippen molar-refractivity contribution in [3.8, 4) is 0 Å². The van der Waals surface area contributed by atoms with Gasteiger partial charge in [-0.15, -0.1) is 0 Å². The number of carbonyl (C=O) groups excluding carboxylic acids is 1. The molecule has 0 aromatic carbocycles. The van der Waals surface area contributed by atoms with Gasteiger partial charge in [-0.05, 0) is 6.42 Å². The lowest BCUT2D eigenvalue weighted by molar-refractivity contribution is -0.125. The van der Waals surface area contributed by atoms with Crippen LogP contribution in [0.5, 0.6) is 0 Å². The third-order valence-corrected chi connectivity index (χ3v) is 3.71. The molecule has 0 radical (unpaired) electrons. The SMILES string of the molecule is CCCCCCCC(C)(C)C(=O)CP(=O)(O)O. The van der Waals surface area contributed by atoms with Crippen molar-refractivity contribution in [1.82, 2.24) is 0 Å². The Balaban J connectivity index is 4.01. The summed E-state index contributed by atoms with van der Waals surface area (Å²) in [5.41, 5.74) is -0.618. The van der Waals surface area contributed by atoms with Crippen molar-refractivity contribution in [2.45, 2.75) is 59.3 Å². The molecule has 0 saturated heterocycles. The van der Waals surface area contributed by atoms with E-state index in [9.17, 15) is 9.36 Å². The largest absolute Gasteiger partial charge is 0.332 e. The zero-order chi connectivity index (χ0) is 13.5. The van der Waals surface area contributed by atoms with E-state index in [4.69, 9.17) is 9.79 Å². The van der Waals surface area contributed by atoms with E-state index >= 15 is 0 Å². The van der Waals surface area contributed by atoms with Gasteiger partial charge in [0.25, 0.3) is 0 Å². The first-order chi connectivity index (χ1) is 7.69. The second-order valence-electron chi connectivity index (χ2n) is 5.29. The number of hydrogen-bond donors (Lipinski definition) is 2. The Kier molecular flexibility index (Phi) is 7.22. The standard InChI is InChI=1S/C12H25O4P/c1-4-5-6-7-8-9-12(2,3)11(13)10-17(14,15)16/h4-10H2,1-3H3,(H2,14,15,16). The van der Waals surface area contributed by atoms with E-state index in [-0.39, 0.29) is 5.78 Å². The minimum atomic E-state index is -4.22. The highest BCUT2D eigenvalue weighted by molar-refractivity contribution is 7.52. The third kappa shape index (κ3) is 8.53. The highest BCUT2D eigenvalue weighted by atomic mass is 31.2. The average molecular weight is 264 g/mol. The summed E-state index contributed by atoms with van der Waals surface area (Å²) in [7, 11) is -4.22. The van der Waals surface area contributed by atoms with Crippen molar-refractivity contribution in [2.24, 2.45) is 5.41 Å². The van der Waals surface area contributed by atoms with Crippen molar-refractivity contribution in [1.29, 1.82) is 0 Å². The molecule has 0 aliphatic heterocycles. The van der Waals surface area contributed by atoms with Crippen LogP contribution in [0.25, 0.3) is 0 Å². The second kappa shape index (κ2) is 7.30. The Labute approximate surface area is 104 Å². The van der Waals surface area contributed by atoms with Crippen molar-refractivity contribution in [3.05, 3.63) is 0 Å². The van der Waals surface area contributed by atoms with Gasteiger partial charge in [0.2, 0.25) is 0 Å². The highest BCUT2D eigenvalue weighted by Gasteiger charge is 2.31. The third-order valence-electron chi connectivity index (χ3n) is 3.01. The van der Waals surface area contributed by atoms with Crippen LogP contribution in [0.15, 0.2) is 0 Å². The predicted octanol–water partition coefficient (Wildman–Crippen LogP) is 3.12. The van der Waals surface area contributed by atoms with Gasteiger partial charge in [0.05, 0.1) is 0 Å². The van der Waals surface area contributed by atoms with Gasteiger partial charge in [-0.1, -0.05) is 52.9 Å². The van der Waals surface area contributed by atoms with E-state index in [1.807, 2.05) is 0 Å². The van der Waals surface area contributed by atoms with E-state index < -0.39 is 19.2 Å². The summed E-state index contributed by atoms with van der Waals surface area (Å²) < 4.78 is 10.8. The fourth-order valence-electron chi connectivity index (χ4n) is 1.71. The molecule has 0 bridgehead atoms. The molecule has 0 aliphatic carbocycles. The van der Waals surface area contributed by atoms with Crippen molar-refractivity contribution in [3.63, 3.8) is 0 Å². The Morgan fingerprint density at radius 3 is 2.12 bits per heavy atom. The zero-order valence-electron chi connectivity index (χ0n) is 11.1. The molecule has 5 heteroatoms. The Bertz CT molecular complexity index is 280. The second-order valence-corrected chi connectivity index (χ2v) is 6.94. The van der Waals surface area contributed by atoms with E-state index in [2.05, 4.69) is 6.92 Å². The van der Waals surface area contributed by atoms with Gasteiger partial charge < -0.3 is 9.79 Å². The van der Waals surface area contributed by atoms with Gasteiger partial charge in [-0.2, -0.15) is 0 Å². The minimum Gasteiger partial charge on any atom is -0.324 e. The van der Waals surface area contributed by atoms with Gasteiger partial charge in [0, 0.05) is 5.41 Å². The molecule has 4 nitrogen and oxygen atoms in total. The molecule has 102 valence electrons. The summed E-state index contributed by atoms with van der Waals surface area (Å²) >= 11 is 0. The van der Waals surface area contributed by atoms with Crippen LogP contribution in [0.2, 0.25) is 0 Å². The molecule has 0 spiro atoms. The fourth-order valence-corrected chi connectivity index (χ4v) is 2.51. The molecule has 0 aromatic heterocycles. The van der Waals surface area contributed by atoms with E-state index in [1.54, 1.807) is 13.8 Å². The Hall–Kier alpha value is -0.180. The zero-order valence-corrected chi connectivity index (χ0v) is 12.0. The number of Topliss-reactive ketones (excluding diaryl/α,β-unsaturated/α-hetero) is 1. The van der Waals surface area contributed by atoms with Crippen LogP contribution in [-0.2, 0) is 9.36 Å². The summed E-state index contributed by atoms with van der Waals surface area (Å²) in [6.45, 7) is 5.68. The maximum Gasteiger partial charge on any atom is 0.332 e. The molecule has 17 heavy (non-hydrogen) atoms. The normalized spacial score (nSPS) is 12.8. The number of rotatable bonds is 9. The lowest BCUT2D eigenvalue weighted by atomic mass is 9.83. The predicted molar refractivity (Wildman–Crippen MR) is 69.1 cm³/mol. The number of hydrogen-bond acceptors (Lipinski definition) is 2. The van der Waals surface area contributed by atoms with Crippen LogP contribution in [0, 0.1) is 5.41 Å². The van der Waals surface area contributed by atoms with Crippen LogP contribution >= 0.6 is 7.60 Å². The van der Waals surface area contributed by atoms with Crippen molar-refractivity contribution in [2.75, 3.05) is 6.16 Å². The maximum absolute atomic E-state index is 11.7. The van der Waals surface area contributed by atoms with E-state index in [1.165, 1.54) is 19.3 Å². The summed E-state index contributed by atoms with van der Waals surface area (Å²) in [6.07, 6.45) is 5.65. The molecule has 0 unspecified atom stereocenters. The molecule has 0 aliphatic rings. The minimum absolute atomic E-state index is 0.332. The summed E-state index contributed by atoms with van der Waals surface area (Å²) in [6, 6.07) is 0. The number of ketones is 1. The smallest absolute Gasteiger partial charge is 0.324 e. The Morgan fingerprint density at radius 2 is 1.65 bits per heavy atom. The molecule has 0 rings (SSSR count). The van der Waals surface area contributed by atoms with Crippen molar-refractivity contribution >= 4 is 13.4 Å². The highest BCUT2D eigenvalue weighted by Crippen LogP contribution is 2.38. The van der Waals surface area contributed by atoms with Gasteiger partial charge in [-0.3, -0.25) is 9.36 Å². The monoisotopic (exact) mass is 264 g/mol. The molecule has 0 fully saturated rings. The van der Waals surface area contributed by atoms with Crippen LogP contribution in [0.3, 0.4) is 0 Å². The average Bonchev–Trinajstić information content (AvgIpc) is 2.14. The van der Waals surface area contributed by atoms with Crippen LogP contribution in [0.4, 0.5) is 0 Å². The molecule has 2 N–H and O–H groups in total. The molecule has 0 aromatic rings. The summed E-state index contributed by atoms with van der Waals surface area (Å²) in [4.78, 5) is 29.3. The molecule has 0 atom stereocenters. The first-order valence-corrected chi connectivity index (χ1v) is 8.06. The van der Waals surface area contributed by atoms with Gasteiger partial charge in [-0.25, -0.2) is 0 Å². The van der Waals surface area contributed by atoms with Crippen LogP contribution < -0.4 is 0 Å². The Morgan fingerprint density at radius 1 is 1.12 bits per heavy atom. The lowest BCUT2D eigenvalue weighted by Crippen LogP contribution is -2.27.